The first-order chi connectivity index (χ1) is 11.7. The minimum Gasteiger partial charge on any atom is -0.323 e. The third-order valence-corrected chi connectivity index (χ3v) is 4.43. The molecule has 122 valence electrons. The van der Waals surface area contributed by atoms with Gasteiger partial charge in [0.05, 0.1) is 17.1 Å². The molecule has 0 unspecified atom stereocenters. The summed E-state index contributed by atoms with van der Waals surface area (Å²) in [4.78, 5) is 16.2. The summed E-state index contributed by atoms with van der Waals surface area (Å²) in [6.45, 7) is 2.07. The number of amides is 1. The molecule has 0 aliphatic rings. The zero-order valence-electron chi connectivity index (χ0n) is 13.3. The molecule has 1 heterocycles. The maximum atomic E-state index is 12.2. The smallest absolute Gasteiger partial charge is 0.234 e. The van der Waals surface area contributed by atoms with Crippen LogP contribution in [0.25, 0.3) is 5.69 Å². The second-order valence-electron chi connectivity index (χ2n) is 5.39. The van der Waals surface area contributed by atoms with Crippen molar-refractivity contribution >= 4 is 23.4 Å². The second-order valence-corrected chi connectivity index (χ2v) is 6.37. The average molecular weight is 338 g/mol. The molecule has 0 aliphatic heterocycles. The molecule has 0 aliphatic carbocycles. The molecule has 3 rings (SSSR count). The number of carbonyl (C=O) groups is 1. The van der Waals surface area contributed by atoms with Gasteiger partial charge in [-0.25, -0.2) is 9.67 Å². The van der Waals surface area contributed by atoms with E-state index in [2.05, 4.69) is 40.5 Å². The van der Waals surface area contributed by atoms with Crippen LogP contribution < -0.4 is 5.32 Å². The Morgan fingerprint density at radius 3 is 2.88 bits per heavy atom. The Balaban J connectivity index is 1.58. The fraction of sp³-hybridized carbons (Fsp3) is 0.167. The van der Waals surface area contributed by atoms with Crippen molar-refractivity contribution in [2.75, 3.05) is 11.1 Å². The van der Waals surface area contributed by atoms with Crippen LogP contribution in [0.1, 0.15) is 11.1 Å². The number of carbonyl (C=O) groups excluding carboxylic acids is 1. The molecule has 0 bridgehead atoms. The van der Waals surface area contributed by atoms with Crippen LogP contribution in [0, 0.1) is 6.92 Å². The Morgan fingerprint density at radius 2 is 2.08 bits per heavy atom. The van der Waals surface area contributed by atoms with Crippen molar-refractivity contribution in [2.45, 2.75) is 12.7 Å². The molecule has 0 saturated carbocycles. The lowest BCUT2D eigenvalue weighted by molar-refractivity contribution is -0.113. The monoisotopic (exact) mass is 338 g/mol. The molecule has 5 nitrogen and oxygen atoms in total. The minimum atomic E-state index is -0.0276. The van der Waals surface area contributed by atoms with E-state index in [1.54, 1.807) is 22.8 Å². The van der Waals surface area contributed by atoms with E-state index in [1.165, 1.54) is 17.5 Å². The number of thioether (sulfide) groups is 1. The molecule has 1 aromatic heterocycles. The van der Waals surface area contributed by atoms with E-state index in [1.807, 2.05) is 30.3 Å². The summed E-state index contributed by atoms with van der Waals surface area (Å²) in [5.41, 5.74) is 3.99. The van der Waals surface area contributed by atoms with Gasteiger partial charge in [-0.15, -0.1) is 11.8 Å². The highest BCUT2D eigenvalue weighted by Gasteiger charge is 2.08. The van der Waals surface area contributed by atoms with Gasteiger partial charge in [0, 0.05) is 5.75 Å². The molecular weight excluding hydrogens is 320 g/mol. The van der Waals surface area contributed by atoms with Gasteiger partial charge in [0.25, 0.3) is 0 Å². The third-order valence-electron chi connectivity index (χ3n) is 3.43. The van der Waals surface area contributed by atoms with E-state index in [9.17, 15) is 4.79 Å². The number of nitrogens with one attached hydrogen (secondary N) is 1. The van der Waals surface area contributed by atoms with E-state index < -0.39 is 0 Å². The maximum Gasteiger partial charge on any atom is 0.234 e. The lowest BCUT2D eigenvalue weighted by Crippen LogP contribution is -2.16. The van der Waals surface area contributed by atoms with Crippen LogP contribution in [0.2, 0.25) is 0 Å². The van der Waals surface area contributed by atoms with Crippen molar-refractivity contribution in [1.29, 1.82) is 0 Å². The number of para-hydroxylation sites is 2. The SMILES string of the molecule is Cc1cccc(CSCC(=O)Nc2ccccc2-n2cncn2)c1. The number of aromatic nitrogens is 3. The van der Waals surface area contributed by atoms with Gasteiger partial charge in [0.15, 0.2) is 0 Å². The Kier molecular flexibility index (Phi) is 5.28. The van der Waals surface area contributed by atoms with E-state index in [-0.39, 0.29) is 5.91 Å². The number of anilines is 1. The van der Waals surface area contributed by atoms with Gasteiger partial charge in [-0.05, 0) is 24.6 Å². The Morgan fingerprint density at radius 1 is 1.21 bits per heavy atom. The summed E-state index contributed by atoms with van der Waals surface area (Å²) >= 11 is 1.60. The Labute approximate surface area is 145 Å². The highest BCUT2D eigenvalue weighted by Crippen LogP contribution is 2.19. The van der Waals surface area contributed by atoms with Crippen molar-refractivity contribution in [2.24, 2.45) is 0 Å². The predicted octanol–water partition coefficient (Wildman–Crippen LogP) is 3.45. The second kappa shape index (κ2) is 7.79. The van der Waals surface area contributed by atoms with Crippen molar-refractivity contribution in [3.8, 4) is 5.69 Å². The number of hydrogen-bond acceptors (Lipinski definition) is 4. The Bertz CT molecular complexity index is 817. The molecule has 0 radical (unpaired) electrons. The molecule has 1 amide bonds. The Hall–Kier alpha value is -2.60. The van der Waals surface area contributed by atoms with Gasteiger partial charge in [-0.1, -0.05) is 42.0 Å². The predicted molar refractivity (Wildman–Crippen MR) is 97.3 cm³/mol. The highest BCUT2D eigenvalue weighted by atomic mass is 32.2. The molecule has 0 atom stereocenters. The van der Waals surface area contributed by atoms with Gasteiger partial charge in [0.2, 0.25) is 5.91 Å². The van der Waals surface area contributed by atoms with Crippen LogP contribution >= 0.6 is 11.8 Å². The maximum absolute atomic E-state index is 12.2. The summed E-state index contributed by atoms with van der Waals surface area (Å²) in [5.74, 6) is 1.19. The largest absolute Gasteiger partial charge is 0.323 e. The third kappa shape index (κ3) is 4.23. The fourth-order valence-corrected chi connectivity index (χ4v) is 3.14. The van der Waals surface area contributed by atoms with Crippen molar-refractivity contribution in [1.82, 2.24) is 14.8 Å². The topological polar surface area (TPSA) is 59.8 Å². The number of rotatable bonds is 6. The van der Waals surface area contributed by atoms with Crippen LogP contribution in [0.3, 0.4) is 0 Å². The van der Waals surface area contributed by atoms with E-state index >= 15 is 0 Å². The van der Waals surface area contributed by atoms with Crippen molar-refractivity contribution in [3.05, 3.63) is 72.3 Å². The summed E-state index contributed by atoms with van der Waals surface area (Å²) < 4.78 is 1.63. The summed E-state index contributed by atoms with van der Waals surface area (Å²) in [6, 6.07) is 15.9. The number of benzene rings is 2. The zero-order chi connectivity index (χ0) is 16.8. The molecule has 0 saturated heterocycles. The number of nitrogens with zero attached hydrogens (tertiary/aromatic N) is 3. The normalized spacial score (nSPS) is 10.5. The molecule has 3 aromatic rings. The number of aryl methyl sites for hydroxylation is 1. The first kappa shape index (κ1) is 16.3. The fourth-order valence-electron chi connectivity index (χ4n) is 2.36. The van der Waals surface area contributed by atoms with Crippen LogP contribution in [-0.4, -0.2) is 26.4 Å². The number of hydrogen-bond donors (Lipinski definition) is 1. The molecule has 6 heteroatoms. The van der Waals surface area contributed by atoms with Gasteiger partial charge in [-0.2, -0.15) is 5.10 Å². The average Bonchev–Trinajstić information content (AvgIpc) is 3.10. The highest BCUT2D eigenvalue weighted by molar-refractivity contribution is 7.99. The molecule has 2 aromatic carbocycles. The first-order valence-corrected chi connectivity index (χ1v) is 8.75. The van der Waals surface area contributed by atoms with E-state index in [0.717, 1.165) is 17.1 Å². The first-order valence-electron chi connectivity index (χ1n) is 7.59. The van der Waals surface area contributed by atoms with Crippen LogP contribution in [0.15, 0.2) is 61.2 Å². The van der Waals surface area contributed by atoms with Gasteiger partial charge >= 0.3 is 0 Å². The summed E-state index contributed by atoms with van der Waals surface area (Å²) in [5, 5.41) is 7.06. The lowest BCUT2D eigenvalue weighted by atomic mass is 10.2. The summed E-state index contributed by atoms with van der Waals surface area (Å²) in [7, 11) is 0. The summed E-state index contributed by atoms with van der Waals surface area (Å²) in [6.07, 6.45) is 3.08. The van der Waals surface area contributed by atoms with Gasteiger partial charge in [0.1, 0.15) is 12.7 Å². The lowest BCUT2D eigenvalue weighted by Gasteiger charge is -2.10. The van der Waals surface area contributed by atoms with Gasteiger partial charge < -0.3 is 5.32 Å². The van der Waals surface area contributed by atoms with Gasteiger partial charge in [-0.3, -0.25) is 4.79 Å². The van der Waals surface area contributed by atoms with E-state index in [4.69, 9.17) is 0 Å². The van der Waals surface area contributed by atoms with Crippen molar-refractivity contribution < 1.29 is 4.79 Å². The van der Waals surface area contributed by atoms with Crippen LogP contribution in [-0.2, 0) is 10.5 Å². The van der Waals surface area contributed by atoms with Crippen molar-refractivity contribution in [3.63, 3.8) is 0 Å². The standard InChI is InChI=1S/C18H18N4OS/c1-14-5-4-6-15(9-14)10-24-11-18(23)21-16-7-2-3-8-17(16)22-13-19-12-20-22/h2-9,12-13H,10-11H2,1H3,(H,21,23). The quantitative estimate of drug-likeness (QED) is 0.748. The molecule has 0 fully saturated rings. The molecular formula is C18H18N4OS. The minimum absolute atomic E-state index is 0.0276. The molecule has 0 spiro atoms. The molecule has 24 heavy (non-hydrogen) atoms. The van der Waals surface area contributed by atoms with Crippen LogP contribution in [0.5, 0.6) is 0 Å². The van der Waals surface area contributed by atoms with Crippen LogP contribution in [0.4, 0.5) is 5.69 Å². The van der Waals surface area contributed by atoms with E-state index in [0.29, 0.717) is 5.75 Å². The molecule has 1 N–H and O–H groups in total. The zero-order valence-corrected chi connectivity index (χ0v) is 14.2.